The van der Waals surface area contributed by atoms with Gasteiger partial charge in [-0.1, -0.05) is 22.9 Å². The SMILES string of the molecule is CCCNC(=O)CN1CCC(NC(=O)COc2ccc(Br)cc2)CC1. The number of hydrogen-bond donors (Lipinski definition) is 2. The highest BCUT2D eigenvalue weighted by molar-refractivity contribution is 9.10. The highest BCUT2D eigenvalue weighted by Crippen LogP contribution is 2.16. The minimum Gasteiger partial charge on any atom is -0.484 e. The van der Waals surface area contributed by atoms with E-state index >= 15 is 0 Å². The Bertz CT molecular complexity index is 557. The summed E-state index contributed by atoms with van der Waals surface area (Å²) in [7, 11) is 0. The van der Waals surface area contributed by atoms with Crippen molar-refractivity contribution in [3.8, 4) is 5.75 Å². The fourth-order valence-corrected chi connectivity index (χ4v) is 2.97. The normalized spacial score (nSPS) is 15.6. The van der Waals surface area contributed by atoms with Crippen LogP contribution in [0, 0.1) is 0 Å². The first-order valence-corrected chi connectivity index (χ1v) is 9.53. The molecule has 138 valence electrons. The maximum atomic E-state index is 12.0. The molecule has 0 atom stereocenters. The molecular weight excluding hydrogens is 386 g/mol. The zero-order valence-corrected chi connectivity index (χ0v) is 16.2. The van der Waals surface area contributed by atoms with Crippen molar-refractivity contribution >= 4 is 27.7 Å². The second kappa shape index (κ2) is 10.4. The molecule has 2 rings (SSSR count). The average molecular weight is 412 g/mol. The molecule has 1 aliphatic heterocycles. The molecule has 2 N–H and O–H groups in total. The lowest BCUT2D eigenvalue weighted by atomic mass is 10.1. The monoisotopic (exact) mass is 411 g/mol. The Morgan fingerprint density at radius 2 is 1.88 bits per heavy atom. The summed E-state index contributed by atoms with van der Waals surface area (Å²) in [5.74, 6) is 0.639. The van der Waals surface area contributed by atoms with Crippen molar-refractivity contribution in [3.05, 3.63) is 28.7 Å². The van der Waals surface area contributed by atoms with Gasteiger partial charge < -0.3 is 15.4 Å². The van der Waals surface area contributed by atoms with E-state index < -0.39 is 0 Å². The summed E-state index contributed by atoms with van der Waals surface area (Å²) in [6.07, 6.45) is 2.65. The molecule has 0 bridgehead atoms. The molecule has 1 aromatic carbocycles. The van der Waals surface area contributed by atoms with Crippen LogP contribution in [0.15, 0.2) is 28.7 Å². The minimum atomic E-state index is -0.109. The molecule has 0 aromatic heterocycles. The third kappa shape index (κ3) is 7.44. The van der Waals surface area contributed by atoms with Crippen LogP contribution in [0.3, 0.4) is 0 Å². The van der Waals surface area contributed by atoms with Gasteiger partial charge in [-0.25, -0.2) is 0 Å². The van der Waals surface area contributed by atoms with E-state index in [0.29, 0.717) is 12.3 Å². The quantitative estimate of drug-likeness (QED) is 0.685. The van der Waals surface area contributed by atoms with E-state index in [0.717, 1.165) is 43.4 Å². The van der Waals surface area contributed by atoms with Crippen molar-refractivity contribution in [2.45, 2.75) is 32.2 Å². The van der Waals surface area contributed by atoms with Crippen LogP contribution in [-0.2, 0) is 9.59 Å². The van der Waals surface area contributed by atoms with Crippen molar-refractivity contribution in [1.82, 2.24) is 15.5 Å². The third-order valence-corrected chi connectivity index (χ3v) is 4.60. The van der Waals surface area contributed by atoms with Crippen molar-refractivity contribution in [3.63, 3.8) is 0 Å². The maximum Gasteiger partial charge on any atom is 0.258 e. The van der Waals surface area contributed by atoms with Crippen molar-refractivity contribution in [1.29, 1.82) is 0 Å². The minimum absolute atomic E-state index is 0.0151. The van der Waals surface area contributed by atoms with Gasteiger partial charge in [-0.2, -0.15) is 0 Å². The number of nitrogens with zero attached hydrogens (tertiary/aromatic N) is 1. The van der Waals surface area contributed by atoms with Gasteiger partial charge in [0.05, 0.1) is 6.54 Å². The predicted octanol–water partition coefficient (Wildman–Crippen LogP) is 1.93. The average Bonchev–Trinajstić information content (AvgIpc) is 2.61. The Labute approximate surface area is 157 Å². The zero-order valence-electron chi connectivity index (χ0n) is 14.6. The highest BCUT2D eigenvalue weighted by atomic mass is 79.9. The van der Waals surface area contributed by atoms with Crippen LogP contribution in [0.2, 0.25) is 0 Å². The zero-order chi connectivity index (χ0) is 18.1. The molecule has 2 amide bonds. The molecule has 0 spiro atoms. The first-order valence-electron chi connectivity index (χ1n) is 8.73. The number of halogens is 1. The van der Waals surface area contributed by atoms with Crippen LogP contribution >= 0.6 is 15.9 Å². The van der Waals surface area contributed by atoms with E-state index in [-0.39, 0.29) is 24.5 Å². The maximum absolute atomic E-state index is 12.0. The van der Waals surface area contributed by atoms with Gasteiger partial charge in [-0.05, 0) is 43.5 Å². The van der Waals surface area contributed by atoms with Crippen LogP contribution in [0.5, 0.6) is 5.75 Å². The second-order valence-corrected chi connectivity index (χ2v) is 7.13. The molecule has 6 nitrogen and oxygen atoms in total. The highest BCUT2D eigenvalue weighted by Gasteiger charge is 2.22. The summed E-state index contributed by atoms with van der Waals surface area (Å²) in [4.78, 5) is 25.9. The van der Waals surface area contributed by atoms with Crippen molar-refractivity contribution < 1.29 is 14.3 Å². The summed E-state index contributed by atoms with van der Waals surface area (Å²) < 4.78 is 6.45. The number of ether oxygens (including phenoxy) is 1. The van der Waals surface area contributed by atoms with Gasteiger partial charge in [0, 0.05) is 30.1 Å². The first kappa shape index (κ1) is 19.7. The molecule has 25 heavy (non-hydrogen) atoms. The van der Waals surface area contributed by atoms with Crippen LogP contribution in [0.1, 0.15) is 26.2 Å². The number of carbonyl (C=O) groups is 2. The van der Waals surface area contributed by atoms with Crippen LogP contribution in [-0.4, -0.2) is 55.5 Å². The molecular formula is C18H26BrN3O3. The Morgan fingerprint density at radius 3 is 2.52 bits per heavy atom. The van der Waals surface area contributed by atoms with Gasteiger partial charge in [0.1, 0.15) is 5.75 Å². The lowest BCUT2D eigenvalue weighted by Gasteiger charge is -2.31. The van der Waals surface area contributed by atoms with Gasteiger partial charge in [0.15, 0.2) is 6.61 Å². The molecule has 0 unspecified atom stereocenters. The summed E-state index contributed by atoms with van der Waals surface area (Å²) in [5.41, 5.74) is 0. The predicted molar refractivity (Wildman–Crippen MR) is 101 cm³/mol. The molecule has 1 aromatic rings. The number of amides is 2. The summed E-state index contributed by atoms with van der Waals surface area (Å²) in [5, 5.41) is 5.90. The number of nitrogens with one attached hydrogen (secondary N) is 2. The molecule has 1 fully saturated rings. The van der Waals surface area contributed by atoms with Gasteiger partial charge in [-0.15, -0.1) is 0 Å². The largest absolute Gasteiger partial charge is 0.484 e. The van der Waals surface area contributed by atoms with Crippen LogP contribution < -0.4 is 15.4 Å². The van der Waals surface area contributed by atoms with Crippen molar-refractivity contribution in [2.75, 3.05) is 32.8 Å². The van der Waals surface area contributed by atoms with E-state index in [1.54, 1.807) is 0 Å². The van der Waals surface area contributed by atoms with E-state index in [2.05, 4.69) is 31.5 Å². The lowest BCUT2D eigenvalue weighted by molar-refractivity contribution is -0.125. The Morgan fingerprint density at radius 1 is 1.20 bits per heavy atom. The second-order valence-electron chi connectivity index (χ2n) is 6.21. The first-order chi connectivity index (χ1) is 12.1. The lowest BCUT2D eigenvalue weighted by Crippen LogP contribution is -2.48. The number of benzene rings is 1. The Balaban J connectivity index is 1.63. The van der Waals surface area contributed by atoms with E-state index in [9.17, 15) is 9.59 Å². The molecule has 0 aliphatic carbocycles. The van der Waals surface area contributed by atoms with Gasteiger partial charge in [-0.3, -0.25) is 14.5 Å². The number of carbonyl (C=O) groups excluding carboxylic acids is 2. The molecule has 7 heteroatoms. The number of hydrogen-bond acceptors (Lipinski definition) is 4. The number of likely N-dealkylation sites (tertiary alicyclic amines) is 1. The Kier molecular flexibility index (Phi) is 8.21. The van der Waals surface area contributed by atoms with E-state index in [1.165, 1.54) is 0 Å². The smallest absolute Gasteiger partial charge is 0.258 e. The molecule has 1 heterocycles. The fraction of sp³-hybridized carbons (Fsp3) is 0.556. The molecule has 1 saturated heterocycles. The number of piperidine rings is 1. The third-order valence-electron chi connectivity index (χ3n) is 4.08. The molecule has 1 aliphatic rings. The summed E-state index contributed by atoms with van der Waals surface area (Å²) in [6.45, 7) is 4.85. The van der Waals surface area contributed by atoms with E-state index in [4.69, 9.17) is 4.74 Å². The number of rotatable bonds is 8. The molecule has 0 radical (unpaired) electrons. The van der Waals surface area contributed by atoms with Crippen LogP contribution in [0.4, 0.5) is 0 Å². The van der Waals surface area contributed by atoms with Gasteiger partial charge in [0.25, 0.3) is 5.91 Å². The topological polar surface area (TPSA) is 70.7 Å². The van der Waals surface area contributed by atoms with E-state index in [1.807, 2.05) is 31.2 Å². The summed E-state index contributed by atoms with van der Waals surface area (Å²) >= 11 is 3.36. The fourth-order valence-electron chi connectivity index (χ4n) is 2.71. The molecule has 0 saturated carbocycles. The van der Waals surface area contributed by atoms with Crippen molar-refractivity contribution in [2.24, 2.45) is 0 Å². The van der Waals surface area contributed by atoms with Crippen LogP contribution in [0.25, 0.3) is 0 Å². The standard InChI is InChI=1S/C18H26BrN3O3/c1-2-9-20-17(23)12-22-10-7-15(8-11-22)21-18(24)13-25-16-5-3-14(19)4-6-16/h3-6,15H,2,7-13H2,1H3,(H,20,23)(H,21,24). The van der Waals surface area contributed by atoms with Gasteiger partial charge >= 0.3 is 0 Å². The Hall–Kier alpha value is -1.60. The summed E-state index contributed by atoms with van der Waals surface area (Å²) in [6, 6.07) is 7.54. The van der Waals surface area contributed by atoms with Gasteiger partial charge in [0.2, 0.25) is 5.91 Å².